The number of fused-ring (bicyclic) bond motifs is 1. The van der Waals surface area contributed by atoms with Crippen molar-refractivity contribution in [3.05, 3.63) is 17.3 Å². The van der Waals surface area contributed by atoms with E-state index in [2.05, 4.69) is 32.8 Å². The summed E-state index contributed by atoms with van der Waals surface area (Å²) >= 11 is 1.76. The maximum Gasteiger partial charge on any atom is 0.140 e. The third kappa shape index (κ3) is 2.53. The summed E-state index contributed by atoms with van der Waals surface area (Å²) < 4.78 is 0. The number of anilines is 1. The topological polar surface area (TPSA) is 32.3 Å². The standard InChI is InChI=1S/C16H22N4S/c1-12-10-14-15(17-11-18-16(14)21-12)20-8-6-19(7-9-20)13-4-2-3-5-13/h10-11,13H,2-9H2,1H3. The molecule has 1 saturated carbocycles. The van der Waals surface area contributed by atoms with Crippen molar-refractivity contribution in [1.29, 1.82) is 0 Å². The fourth-order valence-corrected chi connectivity index (χ4v) is 4.63. The van der Waals surface area contributed by atoms with Crippen LogP contribution in [0.4, 0.5) is 5.82 Å². The van der Waals surface area contributed by atoms with Gasteiger partial charge in [0.15, 0.2) is 0 Å². The molecule has 4 nitrogen and oxygen atoms in total. The Morgan fingerprint density at radius 3 is 2.62 bits per heavy atom. The van der Waals surface area contributed by atoms with Crippen LogP contribution in [0.3, 0.4) is 0 Å². The minimum Gasteiger partial charge on any atom is -0.353 e. The monoisotopic (exact) mass is 302 g/mol. The van der Waals surface area contributed by atoms with E-state index in [0.717, 1.165) is 29.8 Å². The summed E-state index contributed by atoms with van der Waals surface area (Å²) in [6, 6.07) is 3.08. The number of hydrogen-bond acceptors (Lipinski definition) is 5. The minimum absolute atomic E-state index is 0.848. The molecule has 0 N–H and O–H groups in total. The van der Waals surface area contributed by atoms with Crippen LogP contribution in [0.1, 0.15) is 30.6 Å². The molecule has 2 aromatic rings. The summed E-state index contributed by atoms with van der Waals surface area (Å²) in [7, 11) is 0. The highest BCUT2D eigenvalue weighted by molar-refractivity contribution is 7.18. The van der Waals surface area contributed by atoms with Crippen molar-refractivity contribution in [3.8, 4) is 0 Å². The molecule has 0 radical (unpaired) electrons. The largest absolute Gasteiger partial charge is 0.353 e. The Morgan fingerprint density at radius 2 is 1.86 bits per heavy atom. The van der Waals surface area contributed by atoms with Gasteiger partial charge in [0, 0.05) is 37.1 Å². The third-order valence-electron chi connectivity index (χ3n) is 4.89. The first kappa shape index (κ1) is 13.5. The van der Waals surface area contributed by atoms with Crippen LogP contribution in [0.2, 0.25) is 0 Å². The molecule has 4 rings (SSSR count). The van der Waals surface area contributed by atoms with Crippen LogP contribution in [0.25, 0.3) is 10.2 Å². The van der Waals surface area contributed by atoms with E-state index in [0.29, 0.717) is 0 Å². The van der Waals surface area contributed by atoms with Gasteiger partial charge in [0.2, 0.25) is 0 Å². The average Bonchev–Trinajstić information content (AvgIpc) is 3.15. The second-order valence-electron chi connectivity index (χ2n) is 6.23. The highest BCUT2D eigenvalue weighted by atomic mass is 32.1. The van der Waals surface area contributed by atoms with Crippen LogP contribution in [0, 0.1) is 6.92 Å². The summed E-state index contributed by atoms with van der Waals surface area (Å²) in [6.45, 7) is 6.70. The van der Waals surface area contributed by atoms with Crippen molar-refractivity contribution in [1.82, 2.24) is 14.9 Å². The lowest BCUT2D eigenvalue weighted by atomic mass is 10.1. The van der Waals surface area contributed by atoms with Gasteiger partial charge in [0.25, 0.3) is 0 Å². The molecule has 0 atom stereocenters. The van der Waals surface area contributed by atoms with Gasteiger partial charge in [-0.2, -0.15) is 0 Å². The van der Waals surface area contributed by atoms with Gasteiger partial charge in [-0.3, -0.25) is 4.90 Å². The highest BCUT2D eigenvalue weighted by Gasteiger charge is 2.27. The molecule has 5 heteroatoms. The molecular weight excluding hydrogens is 280 g/mol. The Kier molecular flexibility index (Phi) is 3.55. The first-order chi connectivity index (χ1) is 10.3. The molecule has 112 valence electrons. The van der Waals surface area contributed by atoms with Crippen LogP contribution in [-0.2, 0) is 0 Å². The van der Waals surface area contributed by atoms with Gasteiger partial charge < -0.3 is 4.90 Å². The van der Waals surface area contributed by atoms with Crippen molar-refractivity contribution in [3.63, 3.8) is 0 Å². The molecule has 2 fully saturated rings. The Morgan fingerprint density at radius 1 is 1.10 bits per heavy atom. The lowest BCUT2D eigenvalue weighted by Crippen LogP contribution is -2.50. The quantitative estimate of drug-likeness (QED) is 0.853. The molecular formula is C16H22N4S. The fourth-order valence-electron chi connectivity index (χ4n) is 3.78. The zero-order chi connectivity index (χ0) is 14.2. The Bertz CT molecular complexity index is 624. The normalized spacial score (nSPS) is 21.5. The molecule has 1 saturated heterocycles. The lowest BCUT2D eigenvalue weighted by molar-refractivity contribution is 0.187. The first-order valence-corrected chi connectivity index (χ1v) is 8.83. The van der Waals surface area contributed by atoms with Crippen LogP contribution in [0.5, 0.6) is 0 Å². The van der Waals surface area contributed by atoms with Crippen LogP contribution in [-0.4, -0.2) is 47.1 Å². The molecule has 2 aromatic heterocycles. The molecule has 3 heterocycles. The number of piperazine rings is 1. The van der Waals surface area contributed by atoms with Gasteiger partial charge in [-0.15, -0.1) is 11.3 Å². The minimum atomic E-state index is 0.848. The smallest absolute Gasteiger partial charge is 0.140 e. The summed E-state index contributed by atoms with van der Waals surface area (Å²) in [4.78, 5) is 16.6. The van der Waals surface area contributed by atoms with Crippen molar-refractivity contribution in [2.75, 3.05) is 31.1 Å². The van der Waals surface area contributed by atoms with Crippen molar-refractivity contribution >= 4 is 27.4 Å². The van der Waals surface area contributed by atoms with Gasteiger partial charge in [-0.25, -0.2) is 9.97 Å². The molecule has 1 aliphatic heterocycles. The average molecular weight is 302 g/mol. The van der Waals surface area contributed by atoms with E-state index >= 15 is 0 Å². The van der Waals surface area contributed by atoms with Crippen LogP contribution in [0.15, 0.2) is 12.4 Å². The van der Waals surface area contributed by atoms with E-state index in [4.69, 9.17) is 0 Å². The molecule has 0 unspecified atom stereocenters. The van der Waals surface area contributed by atoms with Crippen LogP contribution >= 0.6 is 11.3 Å². The van der Waals surface area contributed by atoms with Crippen molar-refractivity contribution in [2.45, 2.75) is 38.6 Å². The van der Waals surface area contributed by atoms with E-state index in [9.17, 15) is 0 Å². The summed E-state index contributed by atoms with van der Waals surface area (Å²) in [5, 5.41) is 1.23. The van der Waals surface area contributed by atoms with E-state index in [1.807, 2.05) is 0 Å². The number of thiophene rings is 1. The zero-order valence-corrected chi connectivity index (χ0v) is 13.4. The Labute approximate surface area is 129 Å². The molecule has 0 spiro atoms. The second kappa shape index (κ2) is 5.54. The number of aromatic nitrogens is 2. The highest BCUT2D eigenvalue weighted by Crippen LogP contribution is 2.31. The molecule has 1 aliphatic carbocycles. The molecule has 21 heavy (non-hydrogen) atoms. The van der Waals surface area contributed by atoms with Gasteiger partial charge in [-0.1, -0.05) is 12.8 Å². The van der Waals surface area contributed by atoms with Gasteiger partial charge >= 0.3 is 0 Å². The predicted octanol–water partition coefficient (Wildman–Crippen LogP) is 3.06. The maximum absolute atomic E-state index is 4.57. The molecule has 0 bridgehead atoms. The second-order valence-corrected chi connectivity index (χ2v) is 7.47. The van der Waals surface area contributed by atoms with Crippen LogP contribution < -0.4 is 4.90 Å². The van der Waals surface area contributed by atoms with E-state index in [-0.39, 0.29) is 0 Å². The van der Waals surface area contributed by atoms with E-state index < -0.39 is 0 Å². The zero-order valence-electron chi connectivity index (χ0n) is 12.6. The van der Waals surface area contributed by atoms with Gasteiger partial charge in [0.1, 0.15) is 17.0 Å². The SMILES string of the molecule is Cc1cc2c(N3CCN(C4CCCC4)CC3)ncnc2s1. The predicted molar refractivity (Wildman–Crippen MR) is 88.2 cm³/mol. The lowest BCUT2D eigenvalue weighted by Gasteiger charge is -2.38. The van der Waals surface area contributed by atoms with Gasteiger partial charge in [-0.05, 0) is 25.8 Å². The van der Waals surface area contributed by atoms with E-state index in [1.165, 1.54) is 49.0 Å². The Hall–Kier alpha value is -1.20. The summed E-state index contributed by atoms with van der Waals surface area (Å²) in [5.74, 6) is 1.13. The molecule has 0 aromatic carbocycles. The number of rotatable bonds is 2. The van der Waals surface area contributed by atoms with E-state index in [1.54, 1.807) is 17.7 Å². The van der Waals surface area contributed by atoms with Crippen molar-refractivity contribution < 1.29 is 0 Å². The first-order valence-electron chi connectivity index (χ1n) is 8.01. The summed E-state index contributed by atoms with van der Waals surface area (Å²) in [6.07, 6.45) is 7.37. The summed E-state index contributed by atoms with van der Waals surface area (Å²) in [5.41, 5.74) is 0. The Balaban J connectivity index is 1.52. The van der Waals surface area contributed by atoms with Crippen molar-refractivity contribution in [2.24, 2.45) is 0 Å². The molecule has 2 aliphatic rings. The number of aryl methyl sites for hydroxylation is 1. The fraction of sp³-hybridized carbons (Fsp3) is 0.625. The third-order valence-corrected chi connectivity index (χ3v) is 5.84. The van der Waals surface area contributed by atoms with Gasteiger partial charge in [0.05, 0.1) is 5.39 Å². The number of hydrogen-bond donors (Lipinski definition) is 0. The maximum atomic E-state index is 4.57. The number of nitrogens with zero attached hydrogens (tertiary/aromatic N) is 4. The molecule has 0 amide bonds.